The van der Waals surface area contributed by atoms with Crippen LogP contribution in [0.5, 0.6) is 0 Å². The Kier molecular flexibility index (Phi) is 4.93. The highest BCUT2D eigenvalue weighted by Crippen LogP contribution is 2.25. The summed E-state index contributed by atoms with van der Waals surface area (Å²) in [6.07, 6.45) is 1.48. The van der Waals surface area contributed by atoms with E-state index in [1.807, 2.05) is 0 Å². The number of carbonyl (C=O) groups excluding carboxylic acids is 1. The van der Waals surface area contributed by atoms with E-state index in [9.17, 15) is 14.9 Å². The molecular formula is C15H18N6O3. The Hall–Kier alpha value is -3.23. The Morgan fingerprint density at radius 2 is 1.83 bits per heavy atom. The van der Waals surface area contributed by atoms with E-state index in [4.69, 9.17) is 0 Å². The number of nitrogens with one attached hydrogen (secondary N) is 1. The minimum absolute atomic E-state index is 0.0242. The molecule has 0 unspecified atom stereocenters. The van der Waals surface area contributed by atoms with Crippen LogP contribution in [0.25, 0.3) is 0 Å². The highest BCUT2D eigenvalue weighted by molar-refractivity contribution is 6.08. The van der Waals surface area contributed by atoms with Gasteiger partial charge in [0.2, 0.25) is 5.95 Å². The molecule has 9 heteroatoms. The molecule has 24 heavy (non-hydrogen) atoms. The van der Waals surface area contributed by atoms with Gasteiger partial charge in [0.05, 0.1) is 11.1 Å². The number of nitro groups is 1. The summed E-state index contributed by atoms with van der Waals surface area (Å²) in [5.41, 5.74) is 0.0878. The second-order valence-electron chi connectivity index (χ2n) is 5.42. The van der Waals surface area contributed by atoms with Crippen molar-refractivity contribution >= 4 is 29.0 Å². The Bertz CT molecular complexity index is 776. The lowest BCUT2D eigenvalue weighted by Gasteiger charge is -2.19. The van der Waals surface area contributed by atoms with Crippen molar-refractivity contribution in [1.29, 1.82) is 0 Å². The monoisotopic (exact) mass is 330 g/mol. The number of hydrogen-bond donors (Lipinski definition) is 1. The smallest absolute Gasteiger partial charge is 0.282 e. The average molecular weight is 330 g/mol. The Morgan fingerprint density at radius 3 is 2.42 bits per heavy atom. The summed E-state index contributed by atoms with van der Waals surface area (Å²) in [5, 5.41) is 13.7. The van der Waals surface area contributed by atoms with Gasteiger partial charge in [0.15, 0.2) is 5.82 Å². The van der Waals surface area contributed by atoms with Crippen LogP contribution >= 0.6 is 0 Å². The van der Waals surface area contributed by atoms with E-state index in [-0.39, 0.29) is 11.3 Å². The molecule has 2 rings (SSSR count). The number of nitrogens with zero attached hydrogens (tertiary/aromatic N) is 5. The van der Waals surface area contributed by atoms with E-state index >= 15 is 0 Å². The van der Waals surface area contributed by atoms with Crippen molar-refractivity contribution in [2.45, 2.75) is 0 Å². The molecule has 0 atom stereocenters. The van der Waals surface area contributed by atoms with Crippen LogP contribution in [0.4, 0.5) is 23.1 Å². The molecule has 9 nitrogen and oxygen atoms in total. The standard InChI is InChI=1S/C15H18N6O3/c1-19(2)13-11(9-16-15(18-13)20(3)4)17-14(22)10-7-5-6-8-12(10)21(23)24/h5-9H,1-4H3,(H,17,22). The van der Waals surface area contributed by atoms with Crippen molar-refractivity contribution in [3.05, 3.63) is 46.1 Å². The van der Waals surface area contributed by atoms with E-state index < -0.39 is 10.8 Å². The number of hydrogen-bond acceptors (Lipinski definition) is 7. The summed E-state index contributed by atoms with van der Waals surface area (Å²) in [7, 11) is 7.17. The first-order chi connectivity index (χ1) is 11.3. The van der Waals surface area contributed by atoms with Crippen LogP contribution in [0.3, 0.4) is 0 Å². The zero-order valence-corrected chi connectivity index (χ0v) is 13.8. The fourth-order valence-corrected chi connectivity index (χ4v) is 2.02. The number of para-hydroxylation sites is 1. The number of carbonyl (C=O) groups is 1. The third kappa shape index (κ3) is 3.57. The molecule has 0 bridgehead atoms. The maximum Gasteiger partial charge on any atom is 0.282 e. The zero-order valence-electron chi connectivity index (χ0n) is 13.8. The second kappa shape index (κ2) is 6.90. The molecular weight excluding hydrogens is 312 g/mol. The SMILES string of the molecule is CN(C)c1ncc(NC(=O)c2ccccc2[N+](=O)[O-])c(N(C)C)n1. The van der Waals surface area contributed by atoms with Crippen LogP contribution in [0.2, 0.25) is 0 Å². The number of aromatic nitrogens is 2. The number of rotatable bonds is 5. The normalized spacial score (nSPS) is 10.2. The number of nitro benzene ring substituents is 1. The van der Waals surface area contributed by atoms with Gasteiger partial charge in [-0.1, -0.05) is 12.1 Å². The van der Waals surface area contributed by atoms with E-state index in [1.165, 1.54) is 24.4 Å². The predicted molar refractivity (Wildman–Crippen MR) is 91.7 cm³/mol. The molecule has 2 aromatic rings. The van der Waals surface area contributed by atoms with Crippen molar-refractivity contribution in [3.63, 3.8) is 0 Å². The van der Waals surface area contributed by atoms with Crippen LogP contribution in [-0.2, 0) is 0 Å². The van der Waals surface area contributed by atoms with Crippen LogP contribution in [0.1, 0.15) is 10.4 Å². The lowest BCUT2D eigenvalue weighted by molar-refractivity contribution is -0.385. The maximum absolute atomic E-state index is 12.4. The maximum atomic E-state index is 12.4. The van der Waals surface area contributed by atoms with Gasteiger partial charge in [-0.25, -0.2) is 4.98 Å². The van der Waals surface area contributed by atoms with Crippen LogP contribution in [0.15, 0.2) is 30.5 Å². The summed E-state index contributed by atoms with van der Waals surface area (Å²) in [6, 6.07) is 5.76. The van der Waals surface area contributed by atoms with E-state index in [0.717, 1.165) is 0 Å². The first-order valence-electron chi connectivity index (χ1n) is 7.07. The molecule has 0 spiro atoms. The first kappa shape index (κ1) is 17.1. The molecule has 0 aliphatic carbocycles. The van der Waals surface area contributed by atoms with Gasteiger partial charge in [0.1, 0.15) is 11.3 Å². The minimum Gasteiger partial charge on any atom is -0.361 e. The summed E-state index contributed by atoms with van der Waals surface area (Å²) in [6.45, 7) is 0. The fraction of sp³-hybridized carbons (Fsp3) is 0.267. The fourth-order valence-electron chi connectivity index (χ4n) is 2.02. The second-order valence-corrected chi connectivity index (χ2v) is 5.42. The van der Waals surface area contributed by atoms with Gasteiger partial charge in [0, 0.05) is 34.3 Å². The van der Waals surface area contributed by atoms with Crippen LogP contribution < -0.4 is 15.1 Å². The Balaban J connectivity index is 2.38. The molecule has 0 aliphatic rings. The summed E-state index contributed by atoms with van der Waals surface area (Å²) < 4.78 is 0. The molecule has 1 N–H and O–H groups in total. The quantitative estimate of drug-likeness (QED) is 0.658. The molecule has 1 aromatic carbocycles. The topological polar surface area (TPSA) is 104 Å². The van der Waals surface area contributed by atoms with Gasteiger partial charge in [-0.3, -0.25) is 14.9 Å². The average Bonchev–Trinajstić information content (AvgIpc) is 2.54. The molecule has 126 valence electrons. The van der Waals surface area contributed by atoms with Crippen molar-refractivity contribution in [2.24, 2.45) is 0 Å². The van der Waals surface area contributed by atoms with E-state index in [0.29, 0.717) is 17.5 Å². The van der Waals surface area contributed by atoms with Gasteiger partial charge in [0.25, 0.3) is 11.6 Å². The predicted octanol–water partition coefficient (Wildman–Crippen LogP) is 1.77. The van der Waals surface area contributed by atoms with Crippen molar-refractivity contribution in [2.75, 3.05) is 43.3 Å². The molecule has 0 aliphatic heterocycles. The molecule has 1 heterocycles. The van der Waals surface area contributed by atoms with Gasteiger partial charge in [-0.05, 0) is 6.07 Å². The molecule has 1 aromatic heterocycles. The zero-order chi connectivity index (χ0) is 17.9. The van der Waals surface area contributed by atoms with Crippen molar-refractivity contribution in [1.82, 2.24) is 9.97 Å². The Labute approximate surface area is 139 Å². The molecule has 0 saturated heterocycles. The van der Waals surface area contributed by atoms with E-state index in [2.05, 4.69) is 15.3 Å². The lowest BCUT2D eigenvalue weighted by atomic mass is 10.1. The van der Waals surface area contributed by atoms with Crippen molar-refractivity contribution < 1.29 is 9.72 Å². The van der Waals surface area contributed by atoms with Gasteiger partial charge < -0.3 is 15.1 Å². The summed E-state index contributed by atoms with van der Waals surface area (Å²) >= 11 is 0. The summed E-state index contributed by atoms with van der Waals surface area (Å²) in [4.78, 5) is 34.9. The Morgan fingerprint density at radius 1 is 1.17 bits per heavy atom. The largest absolute Gasteiger partial charge is 0.361 e. The molecule has 0 saturated carbocycles. The third-order valence-corrected chi connectivity index (χ3v) is 3.17. The summed E-state index contributed by atoms with van der Waals surface area (Å²) in [5.74, 6) is 0.398. The number of anilines is 3. The number of benzene rings is 1. The minimum atomic E-state index is -0.591. The van der Waals surface area contributed by atoms with Gasteiger partial charge in [-0.15, -0.1) is 0 Å². The molecule has 1 amide bonds. The van der Waals surface area contributed by atoms with Crippen LogP contribution in [0, 0.1) is 10.1 Å². The highest BCUT2D eigenvalue weighted by Gasteiger charge is 2.21. The third-order valence-electron chi connectivity index (χ3n) is 3.17. The first-order valence-corrected chi connectivity index (χ1v) is 7.07. The molecule has 0 radical (unpaired) electrons. The number of amides is 1. The van der Waals surface area contributed by atoms with Crippen LogP contribution in [-0.4, -0.2) is 49.0 Å². The lowest BCUT2D eigenvalue weighted by Crippen LogP contribution is -2.21. The van der Waals surface area contributed by atoms with Crippen molar-refractivity contribution in [3.8, 4) is 0 Å². The van der Waals surface area contributed by atoms with E-state index in [1.54, 1.807) is 44.1 Å². The molecule has 0 fully saturated rings. The van der Waals surface area contributed by atoms with Gasteiger partial charge >= 0.3 is 0 Å². The van der Waals surface area contributed by atoms with Gasteiger partial charge in [-0.2, -0.15) is 4.98 Å². The highest BCUT2D eigenvalue weighted by atomic mass is 16.6.